The molecule has 17 heavy (non-hydrogen) atoms. The highest BCUT2D eigenvalue weighted by molar-refractivity contribution is 5.85. The molecule has 6 heteroatoms. The number of carboxylic acid groups (broad SMARTS) is 1. The lowest BCUT2D eigenvalue weighted by atomic mass is 10.2. The number of methoxy groups -OCH3 is 1. The van der Waals surface area contributed by atoms with Gasteiger partial charge in [0.05, 0.1) is 12.7 Å². The van der Waals surface area contributed by atoms with Crippen molar-refractivity contribution in [2.75, 3.05) is 7.11 Å². The van der Waals surface area contributed by atoms with Crippen molar-refractivity contribution in [2.24, 2.45) is 0 Å². The normalized spacial score (nSPS) is 10.2. The number of aromatic carboxylic acids is 1. The molecule has 0 spiro atoms. The van der Waals surface area contributed by atoms with Crippen molar-refractivity contribution < 1.29 is 23.4 Å². The van der Waals surface area contributed by atoms with Crippen molar-refractivity contribution in [1.82, 2.24) is 4.98 Å². The summed E-state index contributed by atoms with van der Waals surface area (Å²) in [6.45, 7) is 0. The van der Waals surface area contributed by atoms with E-state index in [-0.39, 0.29) is 17.1 Å². The Morgan fingerprint density at radius 3 is 2.82 bits per heavy atom. The quantitative estimate of drug-likeness (QED) is 0.885. The van der Waals surface area contributed by atoms with Crippen molar-refractivity contribution in [2.45, 2.75) is 0 Å². The van der Waals surface area contributed by atoms with E-state index in [1.165, 1.54) is 25.3 Å². The van der Waals surface area contributed by atoms with Crippen LogP contribution in [0, 0.1) is 5.82 Å². The summed E-state index contributed by atoms with van der Waals surface area (Å²) < 4.78 is 23.3. The van der Waals surface area contributed by atoms with Gasteiger partial charge < -0.3 is 14.3 Å². The molecule has 0 unspecified atom stereocenters. The highest BCUT2D eigenvalue weighted by atomic mass is 19.1. The molecule has 1 N–H and O–H groups in total. The van der Waals surface area contributed by atoms with Gasteiger partial charge >= 0.3 is 5.97 Å². The fraction of sp³-hybridized carbons (Fsp3) is 0.0909. The number of halogens is 1. The van der Waals surface area contributed by atoms with Crippen LogP contribution in [0.4, 0.5) is 4.39 Å². The molecular formula is C11H8FNO4. The summed E-state index contributed by atoms with van der Waals surface area (Å²) >= 11 is 0. The molecular weight excluding hydrogens is 229 g/mol. The zero-order chi connectivity index (χ0) is 12.4. The van der Waals surface area contributed by atoms with Crippen LogP contribution < -0.4 is 4.74 Å². The van der Waals surface area contributed by atoms with Gasteiger partial charge in [-0.3, -0.25) is 0 Å². The van der Waals surface area contributed by atoms with Crippen molar-refractivity contribution in [3.63, 3.8) is 0 Å². The molecule has 0 amide bonds. The van der Waals surface area contributed by atoms with E-state index >= 15 is 0 Å². The Kier molecular flexibility index (Phi) is 2.78. The van der Waals surface area contributed by atoms with Gasteiger partial charge in [0.2, 0.25) is 5.89 Å². The van der Waals surface area contributed by atoms with Crippen LogP contribution in [0.25, 0.3) is 11.5 Å². The first-order chi connectivity index (χ1) is 8.11. The molecule has 0 bridgehead atoms. The van der Waals surface area contributed by atoms with E-state index in [1.807, 2.05) is 0 Å². The minimum Gasteiger partial charge on any atom is -0.497 e. The average molecular weight is 237 g/mol. The number of hydrogen-bond donors (Lipinski definition) is 1. The van der Waals surface area contributed by atoms with Crippen LogP contribution in [-0.4, -0.2) is 23.2 Å². The number of carboxylic acids is 1. The summed E-state index contributed by atoms with van der Waals surface area (Å²) in [4.78, 5) is 14.2. The Labute approximate surface area is 95.5 Å². The molecule has 1 heterocycles. The summed E-state index contributed by atoms with van der Waals surface area (Å²) in [6, 6.07) is 4.11. The lowest BCUT2D eigenvalue weighted by molar-refractivity contribution is 0.0690. The highest BCUT2D eigenvalue weighted by Gasteiger charge is 2.15. The Balaban J connectivity index is 2.42. The molecule has 5 nitrogen and oxygen atoms in total. The molecule has 0 aliphatic carbocycles. The van der Waals surface area contributed by atoms with E-state index in [0.717, 1.165) is 6.26 Å². The van der Waals surface area contributed by atoms with E-state index in [0.29, 0.717) is 5.75 Å². The maximum absolute atomic E-state index is 13.6. The van der Waals surface area contributed by atoms with Gasteiger partial charge in [-0.25, -0.2) is 14.2 Å². The molecule has 1 aromatic carbocycles. The smallest absolute Gasteiger partial charge is 0.357 e. The number of carbonyl (C=O) groups is 1. The molecule has 0 radical (unpaired) electrons. The first-order valence-corrected chi connectivity index (χ1v) is 4.64. The minimum absolute atomic E-state index is 0.0810. The molecule has 0 atom stereocenters. The first-order valence-electron chi connectivity index (χ1n) is 4.64. The van der Waals surface area contributed by atoms with Gasteiger partial charge in [-0.05, 0) is 12.1 Å². The molecule has 2 aromatic rings. The maximum atomic E-state index is 13.6. The van der Waals surface area contributed by atoms with Crippen molar-refractivity contribution >= 4 is 5.97 Å². The van der Waals surface area contributed by atoms with Gasteiger partial charge in [-0.1, -0.05) is 0 Å². The molecule has 0 aliphatic rings. The average Bonchev–Trinajstić information content (AvgIpc) is 2.78. The number of benzene rings is 1. The Morgan fingerprint density at radius 1 is 1.53 bits per heavy atom. The zero-order valence-corrected chi connectivity index (χ0v) is 8.81. The lowest BCUT2D eigenvalue weighted by Crippen LogP contribution is -1.96. The lowest BCUT2D eigenvalue weighted by Gasteiger charge is -2.01. The van der Waals surface area contributed by atoms with Crippen molar-refractivity contribution in [3.05, 3.63) is 36.0 Å². The van der Waals surface area contributed by atoms with Crippen molar-refractivity contribution in [3.8, 4) is 17.2 Å². The molecule has 88 valence electrons. The predicted molar refractivity (Wildman–Crippen MR) is 55.4 cm³/mol. The van der Waals surface area contributed by atoms with Crippen molar-refractivity contribution in [1.29, 1.82) is 0 Å². The molecule has 0 fully saturated rings. The van der Waals surface area contributed by atoms with Gasteiger partial charge in [0.25, 0.3) is 0 Å². The summed E-state index contributed by atoms with van der Waals surface area (Å²) in [7, 11) is 1.42. The van der Waals surface area contributed by atoms with Gasteiger partial charge in [0.1, 0.15) is 17.8 Å². The first kappa shape index (κ1) is 11.1. The number of aromatic nitrogens is 1. The Bertz CT molecular complexity index is 564. The Morgan fingerprint density at radius 2 is 2.29 bits per heavy atom. The largest absolute Gasteiger partial charge is 0.497 e. The minimum atomic E-state index is -1.23. The highest BCUT2D eigenvalue weighted by Crippen LogP contribution is 2.25. The molecule has 0 aliphatic heterocycles. The third kappa shape index (κ3) is 2.10. The maximum Gasteiger partial charge on any atom is 0.357 e. The second kappa shape index (κ2) is 4.25. The fourth-order valence-corrected chi connectivity index (χ4v) is 1.29. The summed E-state index contributed by atoms with van der Waals surface area (Å²) in [5, 5.41) is 8.66. The Hall–Kier alpha value is -2.37. The van der Waals surface area contributed by atoms with Gasteiger partial charge in [0.15, 0.2) is 5.69 Å². The van der Waals surface area contributed by atoms with Gasteiger partial charge in [-0.15, -0.1) is 0 Å². The van der Waals surface area contributed by atoms with Crippen LogP contribution in [-0.2, 0) is 0 Å². The molecule has 2 rings (SSSR count). The topological polar surface area (TPSA) is 72.6 Å². The second-order valence-electron chi connectivity index (χ2n) is 3.19. The zero-order valence-electron chi connectivity index (χ0n) is 8.81. The number of oxazole rings is 1. The van der Waals surface area contributed by atoms with Crippen LogP contribution in [0.1, 0.15) is 10.5 Å². The number of ether oxygens (including phenoxy) is 1. The van der Waals surface area contributed by atoms with Crippen LogP contribution >= 0.6 is 0 Å². The van der Waals surface area contributed by atoms with E-state index in [1.54, 1.807) is 0 Å². The van der Waals surface area contributed by atoms with Crippen LogP contribution in [0.3, 0.4) is 0 Å². The summed E-state index contributed by atoms with van der Waals surface area (Å²) in [5.41, 5.74) is -0.187. The van der Waals surface area contributed by atoms with Crippen LogP contribution in [0.2, 0.25) is 0 Å². The summed E-state index contributed by atoms with van der Waals surface area (Å²) in [5.74, 6) is -1.55. The number of hydrogen-bond acceptors (Lipinski definition) is 4. The van der Waals surface area contributed by atoms with E-state index < -0.39 is 11.8 Å². The fourth-order valence-electron chi connectivity index (χ4n) is 1.29. The number of nitrogens with zero attached hydrogens (tertiary/aromatic N) is 1. The molecule has 1 aromatic heterocycles. The third-order valence-electron chi connectivity index (χ3n) is 2.13. The van der Waals surface area contributed by atoms with Gasteiger partial charge in [0, 0.05) is 6.07 Å². The summed E-state index contributed by atoms with van der Waals surface area (Å²) in [6.07, 6.45) is 0.960. The SMILES string of the molecule is COc1ccc(-c2nc(C(=O)O)co2)c(F)c1. The van der Waals surface area contributed by atoms with E-state index in [4.69, 9.17) is 14.3 Å². The van der Waals surface area contributed by atoms with E-state index in [2.05, 4.69) is 4.98 Å². The number of rotatable bonds is 3. The predicted octanol–water partition coefficient (Wildman–Crippen LogP) is 2.19. The van der Waals surface area contributed by atoms with E-state index in [9.17, 15) is 9.18 Å². The second-order valence-corrected chi connectivity index (χ2v) is 3.19. The molecule has 0 saturated heterocycles. The van der Waals surface area contributed by atoms with Crippen LogP contribution in [0.5, 0.6) is 5.75 Å². The third-order valence-corrected chi connectivity index (χ3v) is 2.13. The monoisotopic (exact) mass is 237 g/mol. The van der Waals surface area contributed by atoms with Crippen LogP contribution in [0.15, 0.2) is 28.9 Å². The standard InChI is InChI=1S/C11H8FNO4/c1-16-6-2-3-7(8(12)4-6)10-13-9(5-17-10)11(14)15/h2-5H,1H3,(H,14,15). The van der Waals surface area contributed by atoms with Gasteiger partial charge in [-0.2, -0.15) is 0 Å². The molecule has 0 saturated carbocycles.